The third-order valence-corrected chi connectivity index (χ3v) is 5.78. The summed E-state index contributed by atoms with van der Waals surface area (Å²) in [5.74, 6) is 0.542. The predicted molar refractivity (Wildman–Crippen MR) is 86.0 cm³/mol. The van der Waals surface area contributed by atoms with E-state index < -0.39 is 20.4 Å². The van der Waals surface area contributed by atoms with E-state index in [1.54, 1.807) is 0 Å². The van der Waals surface area contributed by atoms with Gasteiger partial charge in [-0.2, -0.15) is 0 Å². The molecule has 0 aliphatic rings. The first-order chi connectivity index (χ1) is 9.69. The number of hydrogen-bond donors (Lipinski definition) is 2. The van der Waals surface area contributed by atoms with Gasteiger partial charge in [-0.15, -0.1) is 0 Å². The lowest BCUT2D eigenvalue weighted by molar-refractivity contribution is -0.137. The number of carboxylic acids is 1. The number of rotatable bonds is 8. The molecule has 0 spiro atoms. The number of aliphatic carboxylic acids is 1. The van der Waals surface area contributed by atoms with Crippen molar-refractivity contribution in [2.75, 3.05) is 0 Å². The minimum Gasteiger partial charge on any atom is -0.544 e. The molecule has 1 atom stereocenters. The van der Waals surface area contributed by atoms with Gasteiger partial charge in [0.25, 0.3) is 0 Å². The monoisotopic (exact) mass is 310 g/mol. The fourth-order valence-corrected chi connectivity index (χ4v) is 5.35. The third kappa shape index (κ3) is 6.77. The van der Waals surface area contributed by atoms with Crippen LogP contribution in [-0.2, 0) is 4.79 Å². The highest BCUT2D eigenvalue weighted by Crippen LogP contribution is 2.25. The largest absolute Gasteiger partial charge is 0.544 e. The molecule has 4 nitrogen and oxygen atoms in total. The zero-order valence-electron chi connectivity index (χ0n) is 13.3. The molecule has 1 unspecified atom stereocenters. The molecule has 2 N–H and O–H groups in total. The lowest BCUT2D eigenvalue weighted by atomic mass is 10.1. The topological polar surface area (TPSA) is 66.8 Å². The van der Waals surface area contributed by atoms with Gasteiger partial charge in [-0.1, -0.05) is 26.0 Å². The second kappa shape index (κ2) is 7.61. The van der Waals surface area contributed by atoms with Crippen LogP contribution in [0.3, 0.4) is 0 Å². The molecule has 0 heterocycles. The maximum absolute atomic E-state index is 10.5. The molecule has 0 amide bonds. The number of hydrogen-bond acceptors (Lipinski definition) is 3. The van der Waals surface area contributed by atoms with Crippen LogP contribution in [0, 0.1) is 5.92 Å². The van der Waals surface area contributed by atoms with Gasteiger partial charge < -0.3 is 14.6 Å². The summed E-state index contributed by atoms with van der Waals surface area (Å²) in [7, 11) is -1.72. The van der Waals surface area contributed by atoms with Crippen molar-refractivity contribution < 1.29 is 19.4 Å². The molecule has 0 radical (unpaired) electrons. The van der Waals surface area contributed by atoms with Crippen LogP contribution in [-0.4, -0.2) is 24.5 Å². The molecular weight excluding hydrogens is 284 g/mol. The van der Waals surface area contributed by atoms with Gasteiger partial charge in [-0.25, -0.2) is 0 Å². The van der Waals surface area contributed by atoms with Gasteiger partial charge in [0.2, 0.25) is 8.32 Å². The Morgan fingerprint density at radius 3 is 2.29 bits per heavy atom. The van der Waals surface area contributed by atoms with E-state index in [9.17, 15) is 9.90 Å². The van der Waals surface area contributed by atoms with Gasteiger partial charge in [0, 0.05) is 6.42 Å². The highest BCUT2D eigenvalue weighted by molar-refractivity contribution is 6.71. The van der Waals surface area contributed by atoms with Crippen molar-refractivity contribution in [3.8, 4) is 5.75 Å². The zero-order chi connectivity index (χ0) is 16.0. The van der Waals surface area contributed by atoms with E-state index in [0.29, 0.717) is 5.92 Å². The Labute approximate surface area is 127 Å². The predicted octanol–water partition coefficient (Wildman–Crippen LogP) is 3.82. The molecule has 1 aromatic carbocycles. The van der Waals surface area contributed by atoms with Gasteiger partial charge in [-0.05, 0) is 49.2 Å². The van der Waals surface area contributed by atoms with Crippen molar-refractivity contribution in [2.24, 2.45) is 5.92 Å². The van der Waals surface area contributed by atoms with Crippen LogP contribution in [0.5, 0.6) is 5.75 Å². The van der Waals surface area contributed by atoms with Crippen LogP contribution in [0.15, 0.2) is 24.3 Å². The molecule has 1 aromatic rings. The molecule has 0 saturated carbocycles. The smallest absolute Gasteiger partial charge is 0.303 e. The van der Waals surface area contributed by atoms with Gasteiger partial charge in [-0.3, -0.25) is 4.79 Å². The highest BCUT2D eigenvalue weighted by Gasteiger charge is 2.25. The SMILES string of the molecule is CC(C)C[Si](C)(C)Oc1ccc(C(O)CCC(=O)O)cc1. The molecule has 118 valence electrons. The first-order valence-electron chi connectivity index (χ1n) is 7.38. The van der Waals surface area contributed by atoms with E-state index in [0.717, 1.165) is 17.4 Å². The first-order valence-corrected chi connectivity index (χ1v) is 10.5. The zero-order valence-corrected chi connectivity index (χ0v) is 14.3. The van der Waals surface area contributed by atoms with Gasteiger partial charge >= 0.3 is 5.97 Å². The minimum absolute atomic E-state index is 0.0340. The third-order valence-electron chi connectivity index (χ3n) is 3.19. The Morgan fingerprint density at radius 2 is 1.81 bits per heavy atom. The Kier molecular flexibility index (Phi) is 6.42. The average Bonchev–Trinajstić information content (AvgIpc) is 2.34. The summed E-state index contributed by atoms with van der Waals surface area (Å²) in [5.41, 5.74) is 0.729. The van der Waals surface area contributed by atoms with E-state index in [2.05, 4.69) is 26.9 Å². The number of aliphatic hydroxyl groups is 1. The van der Waals surface area contributed by atoms with Crippen LogP contribution >= 0.6 is 0 Å². The Hall–Kier alpha value is -1.33. The molecule has 21 heavy (non-hydrogen) atoms. The summed E-state index contributed by atoms with van der Waals surface area (Å²) in [6.45, 7) is 8.78. The molecule has 0 bridgehead atoms. The summed E-state index contributed by atoms with van der Waals surface area (Å²) >= 11 is 0. The molecule has 0 saturated heterocycles. The van der Waals surface area contributed by atoms with E-state index in [-0.39, 0.29) is 12.8 Å². The van der Waals surface area contributed by atoms with E-state index in [1.807, 2.05) is 24.3 Å². The molecule has 5 heteroatoms. The van der Waals surface area contributed by atoms with E-state index in [4.69, 9.17) is 9.53 Å². The van der Waals surface area contributed by atoms with E-state index in [1.165, 1.54) is 0 Å². The number of aliphatic hydroxyl groups excluding tert-OH is 1. The fourth-order valence-electron chi connectivity index (χ4n) is 2.53. The Bertz CT molecular complexity index is 454. The summed E-state index contributed by atoms with van der Waals surface area (Å²) in [4.78, 5) is 10.5. The summed E-state index contributed by atoms with van der Waals surface area (Å²) < 4.78 is 6.11. The van der Waals surface area contributed by atoms with Gasteiger partial charge in [0.15, 0.2) is 0 Å². The molecular formula is C16H26O4Si. The van der Waals surface area contributed by atoms with Crippen molar-refractivity contribution in [3.05, 3.63) is 29.8 Å². The van der Waals surface area contributed by atoms with Crippen molar-refractivity contribution in [1.29, 1.82) is 0 Å². The lowest BCUT2D eigenvalue weighted by Gasteiger charge is -2.26. The van der Waals surface area contributed by atoms with Crippen molar-refractivity contribution >= 4 is 14.3 Å². The second-order valence-corrected chi connectivity index (χ2v) is 10.6. The molecule has 0 aromatic heterocycles. The average molecular weight is 310 g/mol. The number of carboxylic acid groups (broad SMARTS) is 1. The Morgan fingerprint density at radius 1 is 1.24 bits per heavy atom. The maximum atomic E-state index is 10.5. The molecule has 0 aliphatic carbocycles. The maximum Gasteiger partial charge on any atom is 0.303 e. The molecule has 0 fully saturated rings. The van der Waals surface area contributed by atoms with Gasteiger partial charge in [0.1, 0.15) is 5.75 Å². The van der Waals surface area contributed by atoms with Crippen LogP contribution in [0.2, 0.25) is 19.1 Å². The van der Waals surface area contributed by atoms with Crippen molar-refractivity contribution in [2.45, 2.75) is 51.9 Å². The second-order valence-electron chi connectivity index (χ2n) is 6.48. The van der Waals surface area contributed by atoms with Crippen LogP contribution in [0.1, 0.15) is 38.4 Å². The minimum atomic E-state index is -1.72. The fraction of sp³-hybridized carbons (Fsp3) is 0.562. The summed E-state index contributed by atoms with van der Waals surface area (Å²) in [6, 6.07) is 8.42. The summed E-state index contributed by atoms with van der Waals surface area (Å²) in [5, 5.41) is 18.5. The Balaban J connectivity index is 2.63. The summed E-state index contributed by atoms with van der Waals surface area (Å²) in [6.07, 6.45) is -0.548. The van der Waals surface area contributed by atoms with Crippen LogP contribution in [0.4, 0.5) is 0 Å². The molecule has 0 aliphatic heterocycles. The number of benzene rings is 1. The normalized spacial score (nSPS) is 13.2. The van der Waals surface area contributed by atoms with Crippen LogP contribution < -0.4 is 4.43 Å². The first kappa shape index (κ1) is 17.7. The van der Waals surface area contributed by atoms with E-state index >= 15 is 0 Å². The number of carbonyl (C=O) groups is 1. The highest BCUT2D eigenvalue weighted by atomic mass is 28.4. The van der Waals surface area contributed by atoms with Crippen LogP contribution in [0.25, 0.3) is 0 Å². The van der Waals surface area contributed by atoms with Gasteiger partial charge in [0.05, 0.1) is 6.10 Å². The lowest BCUT2D eigenvalue weighted by Crippen LogP contribution is -2.35. The molecule has 1 rings (SSSR count). The van der Waals surface area contributed by atoms with Crippen molar-refractivity contribution in [1.82, 2.24) is 0 Å². The van der Waals surface area contributed by atoms with Crippen molar-refractivity contribution in [3.63, 3.8) is 0 Å². The standard InChI is InChI=1S/C16H26O4Si/c1-12(2)11-21(3,4)20-14-7-5-13(6-8-14)15(17)9-10-16(18)19/h5-8,12,15,17H,9-11H2,1-4H3,(H,18,19). The quantitative estimate of drug-likeness (QED) is 0.716.